The summed E-state index contributed by atoms with van der Waals surface area (Å²) in [5.41, 5.74) is 14.3. The molecule has 14 rings (SSSR count). The molecule has 0 N–H and O–H groups in total. The maximum atomic E-state index is 5.70. The van der Waals surface area contributed by atoms with Crippen LogP contribution in [-0.4, -0.2) is 18.9 Å². The average Bonchev–Trinajstić information content (AvgIpc) is 4.05. The fourth-order valence-electron chi connectivity index (χ4n) is 10.7. The third-order valence-electron chi connectivity index (χ3n) is 13.3. The normalized spacial score (nSPS) is 13.8. The molecule has 0 bridgehead atoms. The molecule has 270 valence electrons. The lowest BCUT2D eigenvalue weighted by atomic mass is 9.82. The van der Waals surface area contributed by atoms with Gasteiger partial charge in [-0.05, 0) is 58.0 Å². The van der Waals surface area contributed by atoms with Gasteiger partial charge in [0.2, 0.25) is 5.95 Å². The van der Waals surface area contributed by atoms with Gasteiger partial charge >= 0.3 is 0 Å². The number of rotatable bonds is 2. The van der Waals surface area contributed by atoms with Crippen molar-refractivity contribution in [2.45, 2.75) is 19.3 Å². The van der Waals surface area contributed by atoms with E-state index in [9.17, 15) is 0 Å². The molecule has 0 amide bonds. The number of fused-ring (bicyclic) bond motifs is 18. The number of aromatic nitrogens is 4. The summed E-state index contributed by atoms with van der Waals surface area (Å²) in [6.45, 7) is 4.70. The Morgan fingerprint density at radius 3 is 2.14 bits per heavy atom. The number of para-hydroxylation sites is 2. The Bertz CT molecular complexity index is 3950. The highest BCUT2D eigenvalue weighted by Gasteiger charge is 2.36. The fourth-order valence-corrected chi connectivity index (χ4v) is 11.9. The zero-order valence-corrected chi connectivity index (χ0v) is 32.5. The third-order valence-corrected chi connectivity index (χ3v) is 14.4. The highest BCUT2D eigenvalue weighted by atomic mass is 32.1. The summed E-state index contributed by atoms with van der Waals surface area (Å²) < 4.78 is 7.17. The van der Waals surface area contributed by atoms with E-state index in [1.165, 1.54) is 86.6 Å². The van der Waals surface area contributed by atoms with E-state index in [2.05, 4.69) is 181 Å². The third kappa shape index (κ3) is 3.71. The minimum Gasteiger partial charge on any atom is -0.308 e. The van der Waals surface area contributed by atoms with Crippen LogP contribution in [-0.2, 0) is 5.41 Å². The van der Waals surface area contributed by atoms with E-state index in [1.54, 1.807) is 11.3 Å². The monoisotopic (exact) mass is 756 g/mol. The lowest BCUT2D eigenvalue weighted by Gasteiger charge is -2.22. The summed E-state index contributed by atoms with van der Waals surface area (Å²) in [5.74, 6) is 0.687. The van der Waals surface area contributed by atoms with Gasteiger partial charge in [0.1, 0.15) is 0 Å². The van der Waals surface area contributed by atoms with Gasteiger partial charge in [0, 0.05) is 58.8 Å². The van der Waals surface area contributed by atoms with Crippen LogP contribution in [0.1, 0.15) is 25.0 Å². The van der Waals surface area contributed by atoms with Gasteiger partial charge < -0.3 is 4.40 Å². The molecule has 4 nitrogen and oxygen atoms in total. The van der Waals surface area contributed by atoms with E-state index in [-0.39, 0.29) is 5.41 Å². The van der Waals surface area contributed by atoms with Crippen LogP contribution < -0.4 is 0 Å². The van der Waals surface area contributed by atoms with E-state index >= 15 is 0 Å². The zero-order chi connectivity index (χ0) is 38.0. The highest BCUT2D eigenvalue weighted by molar-refractivity contribution is 7.26. The summed E-state index contributed by atoms with van der Waals surface area (Å²) in [7, 11) is 0. The Hall–Kier alpha value is -7.08. The second-order valence-corrected chi connectivity index (χ2v) is 17.6. The topological polar surface area (TPSA) is 35.1 Å². The number of hydrogen-bond acceptors (Lipinski definition) is 3. The van der Waals surface area contributed by atoms with E-state index in [0.717, 1.165) is 37.9 Å². The van der Waals surface area contributed by atoms with Gasteiger partial charge in [-0.15, -0.1) is 11.3 Å². The predicted octanol–water partition coefficient (Wildman–Crippen LogP) is 14.2. The summed E-state index contributed by atoms with van der Waals surface area (Å²) in [6.07, 6.45) is 0. The van der Waals surface area contributed by atoms with Gasteiger partial charge in [-0.2, -0.15) is 0 Å². The summed E-state index contributed by atoms with van der Waals surface area (Å²) >= 11 is 1.79. The quantitative estimate of drug-likeness (QED) is 0.176. The van der Waals surface area contributed by atoms with Crippen molar-refractivity contribution in [3.05, 3.63) is 169 Å². The first-order chi connectivity index (χ1) is 28.5. The standard InChI is InChI=1S/C53H32N4S/c1-53(2)39-19-8-5-14-32(39)33-24-23-30(28-40(33)53)47-51-48(36-16-7-10-21-44(36)58-51)55-52(54-47)57-43-27-26-42-45(46(43)38-25-22-29-12-3-4-13-31(29)49(38)57)37-18-11-17-35-34-15-6-9-20-41(34)56(42)50(35)37/h3-28H,1-2H3. The van der Waals surface area contributed by atoms with E-state index < -0.39 is 0 Å². The van der Waals surface area contributed by atoms with Crippen molar-refractivity contribution in [2.24, 2.45) is 0 Å². The van der Waals surface area contributed by atoms with Crippen LogP contribution in [0.15, 0.2) is 158 Å². The Kier molecular flexibility index (Phi) is 5.70. The van der Waals surface area contributed by atoms with Crippen LogP contribution in [0.4, 0.5) is 0 Å². The molecule has 0 saturated heterocycles. The second kappa shape index (κ2) is 10.6. The van der Waals surface area contributed by atoms with Crippen molar-refractivity contribution in [3.63, 3.8) is 0 Å². The van der Waals surface area contributed by atoms with Crippen LogP contribution in [0.5, 0.6) is 0 Å². The van der Waals surface area contributed by atoms with Crippen molar-refractivity contribution in [1.29, 1.82) is 0 Å². The second-order valence-electron chi connectivity index (χ2n) is 16.5. The minimum atomic E-state index is -0.129. The van der Waals surface area contributed by atoms with E-state index in [4.69, 9.17) is 9.97 Å². The molecule has 5 heterocycles. The van der Waals surface area contributed by atoms with E-state index in [0.29, 0.717) is 5.95 Å². The molecule has 1 aliphatic rings. The molecule has 0 fully saturated rings. The maximum Gasteiger partial charge on any atom is 0.235 e. The Morgan fingerprint density at radius 2 is 1.21 bits per heavy atom. The van der Waals surface area contributed by atoms with Crippen molar-refractivity contribution in [3.8, 4) is 28.3 Å². The molecule has 58 heavy (non-hydrogen) atoms. The van der Waals surface area contributed by atoms with E-state index in [1.807, 2.05) is 0 Å². The molecule has 5 heteroatoms. The van der Waals surface area contributed by atoms with Crippen molar-refractivity contribution in [1.82, 2.24) is 18.9 Å². The van der Waals surface area contributed by atoms with Gasteiger partial charge in [-0.25, -0.2) is 9.97 Å². The van der Waals surface area contributed by atoms with Gasteiger partial charge in [-0.3, -0.25) is 4.57 Å². The highest BCUT2D eigenvalue weighted by Crippen LogP contribution is 2.51. The SMILES string of the molecule is CC1(C)c2ccccc2-c2ccc(-c3nc(-n4c5ccc6c(c7cccc8c9ccccc9n6c87)c5c5ccc6ccccc6c54)nc4c3sc3ccccc34)cc21. The summed E-state index contributed by atoms with van der Waals surface area (Å²) in [4.78, 5) is 11.3. The van der Waals surface area contributed by atoms with Crippen LogP contribution in [0.25, 0.3) is 119 Å². The first-order valence-corrected chi connectivity index (χ1v) is 20.8. The number of benzene rings is 8. The minimum absolute atomic E-state index is 0.129. The van der Waals surface area contributed by atoms with Crippen LogP contribution in [0.3, 0.4) is 0 Å². The molecule has 0 atom stereocenters. The zero-order valence-electron chi connectivity index (χ0n) is 31.7. The molecule has 0 spiro atoms. The van der Waals surface area contributed by atoms with Gasteiger partial charge in [-0.1, -0.05) is 141 Å². The molecule has 0 aliphatic heterocycles. The van der Waals surface area contributed by atoms with Crippen LogP contribution >= 0.6 is 11.3 Å². The number of hydrogen-bond donors (Lipinski definition) is 0. The number of thiophene rings is 1. The van der Waals surface area contributed by atoms with Crippen molar-refractivity contribution < 1.29 is 0 Å². The molecular formula is C53H32N4S. The van der Waals surface area contributed by atoms with Crippen molar-refractivity contribution in [2.75, 3.05) is 0 Å². The lowest BCUT2D eigenvalue weighted by molar-refractivity contribution is 0.660. The summed E-state index contributed by atoms with van der Waals surface area (Å²) in [5, 5.41) is 11.1. The molecule has 0 radical (unpaired) electrons. The van der Waals surface area contributed by atoms with Crippen LogP contribution in [0.2, 0.25) is 0 Å². The molecule has 0 unspecified atom stereocenters. The summed E-state index contributed by atoms with van der Waals surface area (Å²) in [6, 6.07) is 58.1. The number of nitrogens with zero attached hydrogens (tertiary/aromatic N) is 4. The molecule has 13 aromatic rings. The van der Waals surface area contributed by atoms with Gasteiger partial charge in [0.15, 0.2) is 0 Å². The fraction of sp³-hybridized carbons (Fsp3) is 0.0566. The molecule has 8 aromatic carbocycles. The maximum absolute atomic E-state index is 5.70. The molecule has 0 saturated carbocycles. The predicted molar refractivity (Wildman–Crippen MR) is 244 cm³/mol. The first-order valence-electron chi connectivity index (χ1n) is 20.0. The largest absolute Gasteiger partial charge is 0.308 e. The Balaban J connectivity index is 1.14. The first kappa shape index (κ1) is 31.1. The van der Waals surface area contributed by atoms with Crippen molar-refractivity contribution >= 4 is 102 Å². The molecule has 5 aromatic heterocycles. The molecular weight excluding hydrogens is 725 g/mol. The van der Waals surface area contributed by atoms with Gasteiger partial charge in [0.25, 0.3) is 0 Å². The Morgan fingerprint density at radius 1 is 0.500 bits per heavy atom. The lowest BCUT2D eigenvalue weighted by Crippen LogP contribution is -2.15. The Labute approximate surface area is 336 Å². The van der Waals surface area contributed by atoms with Crippen LogP contribution in [0, 0.1) is 0 Å². The molecule has 1 aliphatic carbocycles. The van der Waals surface area contributed by atoms with Gasteiger partial charge in [0.05, 0.1) is 43.5 Å². The smallest absolute Gasteiger partial charge is 0.235 e. The average molecular weight is 757 g/mol.